The van der Waals surface area contributed by atoms with E-state index in [4.69, 9.17) is 5.73 Å². The number of nitrogens with two attached hydrogens (primary N) is 1. The second kappa shape index (κ2) is 4.40. The zero-order valence-corrected chi connectivity index (χ0v) is 10.6. The topological polar surface area (TPSA) is 26.0 Å². The lowest BCUT2D eigenvalue weighted by atomic mass is 9.64. The molecule has 0 amide bonds. The molecule has 90 valence electrons. The first-order valence-electron chi connectivity index (χ1n) is 6.20. The lowest BCUT2D eigenvalue weighted by molar-refractivity contribution is -0.0409. The van der Waals surface area contributed by atoms with E-state index in [1.807, 2.05) is 20.8 Å². The van der Waals surface area contributed by atoms with Crippen molar-refractivity contribution < 1.29 is 4.39 Å². The summed E-state index contributed by atoms with van der Waals surface area (Å²) in [4.78, 5) is 0. The molecule has 0 saturated heterocycles. The third-order valence-electron chi connectivity index (χ3n) is 4.13. The van der Waals surface area contributed by atoms with Gasteiger partial charge in [-0.2, -0.15) is 0 Å². The van der Waals surface area contributed by atoms with Crippen LogP contribution in [0.15, 0.2) is 0 Å². The molecule has 3 unspecified atom stereocenters. The van der Waals surface area contributed by atoms with E-state index in [1.165, 1.54) is 6.42 Å². The zero-order valence-electron chi connectivity index (χ0n) is 10.6. The standard InChI is InChI=1S/C13H26FN/c1-10-6-5-7-11(8-10)13(14,9-15)12(2,3)4/h10-11H,5-9,15H2,1-4H3. The first kappa shape index (κ1) is 13.0. The summed E-state index contributed by atoms with van der Waals surface area (Å²) in [5.74, 6) is 0.819. The van der Waals surface area contributed by atoms with Gasteiger partial charge in [-0.15, -0.1) is 0 Å². The Balaban J connectivity index is 2.81. The third-order valence-corrected chi connectivity index (χ3v) is 4.13. The normalized spacial score (nSPS) is 32.4. The summed E-state index contributed by atoms with van der Waals surface area (Å²) in [5, 5.41) is 0. The highest BCUT2D eigenvalue weighted by molar-refractivity contribution is 4.98. The highest BCUT2D eigenvalue weighted by Crippen LogP contribution is 2.46. The van der Waals surface area contributed by atoms with E-state index in [9.17, 15) is 4.39 Å². The quantitative estimate of drug-likeness (QED) is 0.749. The molecule has 2 N–H and O–H groups in total. The van der Waals surface area contributed by atoms with Crippen LogP contribution in [0.25, 0.3) is 0 Å². The van der Waals surface area contributed by atoms with Gasteiger partial charge in [0.25, 0.3) is 0 Å². The summed E-state index contributed by atoms with van der Waals surface area (Å²) >= 11 is 0. The van der Waals surface area contributed by atoms with Crippen molar-refractivity contribution in [1.29, 1.82) is 0 Å². The van der Waals surface area contributed by atoms with Crippen molar-refractivity contribution >= 4 is 0 Å². The minimum Gasteiger partial charge on any atom is -0.327 e. The number of hydrogen-bond acceptors (Lipinski definition) is 1. The van der Waals surface area contributed by atoms with Crippen LogP contribution in [-0.4, -0.2) is 12.2 Å². The van der Waals surface area contributed by atoms with Gasteiger partial charge in [-0.05, 0) is 30.1 Å². The van der Waals surface area contributed by atoms with E-state index in [2.05, 4.69) is 6.92 Å². The Bertz CT molecular complexity index is 209. The van der Waals surface area contributed by atoms with Crippen molar-refractivity contribution in [3.05, 3.63) is 0 Å². The predicted octanol–water partition coefficient (Wildman–Crippen LogP) is 3.53. The number of rotatable bonds is 2. The fraction of sp³-hybridized carbons (Fsp3) is 1.00. The zero-order chi connectivity index (χ0) is 11.7. The van der Waals surface area contributed by atoms with Crippen molar-refractivity contribution in [2.24, 2.45) is 23.0 Å². The van der Waals surface area contributed by atoms with E-state index < -0.39 is 5.67 Å². The van der Waals surface area contributed by atoms with E-state index in [0.717, 1.165) is 19.3 Å². The Hall–Kier alpha value is -0.110. The molecule has 0 heterocycles. The maximum Gasteiger partial charge on any atom is 0.130 e. The van der Waals surface area contributed by atoms with Crippen LogP contribution in [0, 0.1) is 17.3 Å². The molecular formula is C13H26FN. The van der Waals surface area contributed by atoms with Gasteiger partial charge in [0, 0.05) is 6.54 Å². The fourth-order valence-corrected chi connectivity index (χ4v) is 2.93. The molecule has 1 fully saturated rings. The number of hydrogen-bond donors (Lipinski definition) is 1. The van der Waals surface area contributed by atoms with E-state index in [1.54, 1.807) is 0 Å². The van der Waals surface area contributed by atoms with Crippen LogP contribution in [0.2, 0.25) is 0 Å². The van der Waals surface area contributed by atoms with E-state index >= 15 is 0 Å². The lowest BCUT2D eigenvalue weighted by Crippen LogP contribution is -2.52. The second-order valence-corrected chi connectivity index (χ2v) is 6.29. The summed E-state index contributed by atoms with van der Waals surface area (Å²) in [7, 11) is 0. The molecular weight excluding hydrogens is 189 g/mol. The summed E-state index contributed by atoms with van der Waals surface area (Å²) in [5.41, 5.74) is 4.16. The van der Waals surface area contributed by atoms with Crippen LogP contribution in [0.4, 0.5) is 4.39 Å². The minimum absolute atomic E-state index is 0.159. The molecule has 0 aromatic carbocycles. The van der Waals surface area contributed by atoms with Crippen LogP contribution in [0.3, 0.4) is 0 Å². The van der Waals surface area contributed by atoms with Gasteiger partial charge in [-0.1, -0.05) is 40.5 Å². The van der Waals surface area contributed by atoms with Gasteiger partial charge in [-0.3, -0.25) is 0 Å². The fourth-order valence-electron chi connectivity index (χ4n) is 2.93. The van der Waals surface area contributed by atoms with Crippen LogP contribution in [0.1, 0.15) is 53.4 Å². The van der Waals surface area contributed by atoms with Crippen LogP contribution in [0.5, 0.6) is 0 Å². The Morgan fingerprint density at radius 2 is 1.87 bits per heavy atom. The highest BCUT2D eigenvalue weighted by Gasteiger charge is 2.48. The molecule has 15 heavy (non-hydrogen) atoms. The third kappa shape index (κ3) is 2.52. The maximum atomic E-state index is 15.0. The Morgan fingerprint density at radius 3 is 2.27 bits per heavy atom. The molecule has 2 heteroatoms. The average Bonchev–Trinajstić information content (AvgIpc) is 2.14. The number of alkyl halides is 1. The van der Waals surface area contributed by atoms with Crippen LogP contribution >= 0.6 is 0 Å². The Kier molecular flexibility index (Phi) is 3.80. The van der Waals surface area contributed by atoms with Gasteiger partial charge in [-0.25, -0.2) is 4.39 Å². The Morgan fingerprint density at radius 1 is 1.27 bits per heavy atom. The van der Waals surface area contributed by atoms with Gasteiger partial charge in [0.05, 0.1) is 0 Å². The summed E-state index contributed by atoms with van der Waals surface area (Å²) < 4.78 is 15.0. The second-order valence-electron chi connectivity index (χ2n) is 6.29. The predicted molar refractivity (Wildman–Crippen MR) is 63.5 cm³/mol. The van der Waals surface area contributed by atoms with Crippen LogP contribution < -0.4 is 5.73 Å². The Labute approximate surface area is 93.6 Å². The van der Waals surface area contributed by atoms with Crippen molar-refractivity contribution in [2.75, 3.05) is 6.54 Å². The molecule has 0 aromatic rings. The molecule has 1 aliphatic rings. The molecule has 1 aliphatic carbocycles. The van der Waals surface area contributed by atoms with Crippen molar-refractivity contribution in [1.82, 2.24) is 0 Å². The first-order chi connectivity index (χ1) is 6.81. The summed E-state index contributed by atoms with van der Waals surface area (Å²) in [6, 6.07) is 0. The SMILES string of the molecule is CC1CCCC(C(F)(CN)C(C)(C)C)C1. The first-order valence-corrected chi connectivity index (χ1v) is 6.20. The van der Waals surface area contributed by atoms with Crippen molar-refractivity contribution in [3.8, 4) is 0 Å². The molecule has 0 bridgehead atoms. The lowest BCUT2D eigenvalue weighted by Gasteiger charge is -2.45. The maximum absolute atomic E-state index is 15.0. The molecule has 0 radical (unpaired) electrons. The number of halogens is 1. The smallest absolute Gasteiger partial charge is 0.130 e. The van der Waals surface area contributed by atoms with Gasteiger partial charge >= 0.3 is 0 Å². The largest absolute Gasteiger partial charge is 0.327 e. The van der Waals surface area contributed by atoms with Gasteiger partial charge in [0.2, 0.25) is 0 Å². The highest BCUT2D eigenvalue weighted by atomic mass is 19.1. The molecule has 0 aromatic heterocycles. The molecule has 3 atom stereocenters. The van der Waals surface area contributed by atoms with Crippen LogP contribution in [-0.2, 0) is 0 Å². The molecule has 1 saturated carbocycles. The monoisotopic (exact) mass is 215 g/mol. The van der Waals surface area contributed by atoms with E-state index in [-0.39, 0.29) is 17.9 Å². The van der Waals surface area contributed by atoms with Gasteiger partial charge in [0.1, 0.15) is 5.67 Å². The van der Waals surface area contributed by atoms with Crippen molar-refractivity contribution in [3.63, 3.8) is 0 Å². The molecule has 1 rings (SSSR count). The molecule has 0 aliphatic heterocycles. The molecule has 1 nitrogen and oxygen atoms in total. The van der Waals surface area contributed by atoms with E-state index in [0.29, 0.717) is 5.92 Å². The van der Waals surface area contributed by atoms with Crippen molar-refractivity contribution in [2.45, 2.75) is 59.0 Å². The minimum atomic E-state index is -1.19. The average molecular weight is 215 g/mol. The summed E-state index contributed by atoms with van der Waals surface area (Å²) in [6.07, 6.45) is 4.43. The molecule has 0 spiro atoms. The van der Waals surface area contributed by atoms with Gasteiger partial charge < -0.3 is 5.73 Å². The van der Waals surface area contributed by atoms with Gasteiger partial charge in [0.15, 0.2) is 0 Å². The summed E-state index contributed by atoms with van der Waals surface area (Å²) in [6.45, 7) is 8.30.